The Labute approximate surface area is 279 Å². The van der Waals surface area contributed by atoms with Gasteiger partial charge in [0, 0.05) is 57.4 Å². The second kappa shape index (κ2) is 14.8. The molecule has 244 valence electrons. The quantitative estimate of drug-likeness (QED) is 0.174. The third kappa shape index (κ3) is 7.32. The molecule has 3 aromatic heterocycles. The molecule has 5 heterocycles. The molecule has 3 aromatic rings. The third-order valence-electron chi connectivity index (χ3n) is 9.19. The SMILES string of the molecule is CCOC(=O)c1sc(N2CC[C@@H](CC(=O)c3[nH]c(C)c(Cl)c3Cl)[C@@H](C)C2)nc1-c1cnc(N2CCN(C(CC)CC)CC2)cn1. The highest BCUT2D eigenvalue weighted by Gasteiger charge is 2.33. The lowest BCUT2D eigenvalue weighted by Crippen LogP contribution is -2.50. The molecule has 45 heavy (non-hydrogen) atoms. The maximum atomic E-state index is 13.1. The van der Waals surface area contributed by atoms with Crippen molar-refractivity contribution in [3.05, 3.63) is 38.7 Å². The molecule has 2 fully saturated rings. The summed E-state index contributed by atoms with van der Waals surface area (Å²) in [5.41, 5.74) is 2.11. The van der Waals surface area contributed by atoms with Crippen molar-refractivity contribution in [2.24, 2.45) is 11.8 Å². The van der Waals surface area contributed by atoms with E-state index in [1.54, 1.807) is 26.2 Å². The number of halogens is 2. The van der Waals surface area contributed by atoms with Gasteiger partial charge in [0.2, 0.25) is 0 Å². The number of Topliss-reactive ketones (excluding diaryl/α,β-unsaturated/α-hetero) is 1. The summed E-state index contributed by atoms with van der Waals surface area (Å²) in [6.07, 6.45) is 7.02. The number of nitrogens with one attached hydrogen (secondary N) is 1. The van der Waals surface area contributed by atoms with E-state index in [1.807, 2.05) is 0 Å². The molecule has 13 heteroatoms. The van der Waals surface area contributed by atoms with Crippen molar-refractivity contribution >= 4 is 57.2 Å². The van der Waals surface area contributed by atoms with E-state index in [2.05, 4.69) is 40.5 Å². The third-order valence-corrected chi connectivity index (χ3v) is 11.2. The van der Waals surface area contributed by atoms with Crippen LogP contribution in [0.15, 0.2) is 12.4 Å². The number of ether oxygens (including phenoxy) is 1. The number of anilines is 2. The van der Waals surface area contributed by atoms with Gasteiger partial charge >= 0.3 is 5.97 Å². The van der Waals surface area contributed by atoms with Gasteiger partial charge in [0.25, 0.3) is 0 Å². The molecule has 2 aliphatic rings. The van der Waals surface area contributed by atoms with Gasteiger partial charge in [0.15, 0.2) is 10.9 Å². The summed E-state index contributed by atoms with van der Waals surface area (Å²) in [6, 6.07) is 0.629. The van der Waals surface area contributed by atoms with Crippen LogP contribution in [0.2, 0.25) is 10.0 Å². The lowest BCUT2D eigenvalue weighted by molar-refractivity contribution is 0.0532. The summed E-state index contributed by atoms with van der Waals surface area (Å²) < 4.78 is 5.39. The number of esters is 1. The van der Waals surface area contributed by atoms with Gasteiger partial charge in [0.1, 0.15) is 27.8 Å². The average molecular weight is 677 g/mol. The molecule has 0 aromatic carbocycles. The van der Waals surface area contributed by atoms with Crippen molar-refractivity contribution in [3.63, 3.8) is 0 Å². The van der Waals surface area contributed by atoms with E-state index in [1.165, 1.54) is 24.2 Å². The van der Waals surface area contributed by atoms with Crippen molar-refractivity contribution in [2.75, 3.05) is 55.7 Å². The molecule has 5 rings (SSSR count). The van der Waals surface area contributed by atoms with Crippen molar-refractivity contribution in [3.8, 4) is 11.4 Å². The van der Waals surface area contributed by atoms with Crippen LogP contribution in [0.4, 0.5) is 10.9 Å². The monoisotopic (exact) mass is 675 g/mol. The molecule has 0 bridgehead atoms. The average Bonchev–Trinajstić information content (AvgIpc) is 3.61. The molecular weight excluding hydrogens is 633 g/mol. The number of piperazine rings is 1. The zero-order valence-electron chi connectivity index (χ0n) is 26.7. The first-order valence-electron chi connectivity index (χ1n) is 16.0. The first-order chi connectivity index (χ1) is 21.6. The summed E-state index contributed by atoms with van der Waals surface area (Å²) in [6.45, 7) is 15.8. The van der Waals surface area contributed by atoms with E-state index in [4.69, 9.17) is 42.9 Å². The van der Waals surface area contributed by atoms with Crippen LogP contribution in [-0.2, 0) is 4.74 Å². The molecule has 0 saturated carbocycles. The van der Waals surface area contributed by atoms with Crippen LogP contribution >= 0.6 is 34.5 Å². The van der Waals surface area contributed by atoms with Crippen LogP contribution in [0.5, 0.6) is 0 Å². The Hall–Kier alpha value is -2.73. The van der Waals surface area contributed by atoms with Crippen LogP contribution in [0, 0.1) is 18.8 Å². The van der Waals surface area contributed by atoms with E-state index in [9.17, 15) is 9.59 Å². The largest absolute Gasteiger partial charge is 0.462 e. The number of ketones is 1. The first-order valence-corrected chi connectivity index (χ1v) is 17.5. The van der Waals surface area contributed by atoms with Gasteiger partial charge in [-0.3, -0.25) is 9.69 Å². The fourth-order valence-corrected chi connectivity index (χ4v) is 7.90. The minimum atomic E-state index is -0.412. The van der Waals surface area contributed by atoms with Crippen molar-refractivity contribution < 1.29 is 14.3 Å². The van der Waals surface area contributed by atoms with Gasteiger partial charge in [-0.25, -0.2) is 19.7 Å². The molecule has 0 aliphatic carbocycles. The van der Waals surface area contributed by atoms with Crippen molar-refractivity contribution in [2.45, 2.75) is 66.3 Å². The van der Waals surface area contributed by atoms with E-state index < -0.39 is 5.97 Å². The molecule has 0 spiro atoms. The second-order valence-electron chi connectivity index (χ2n) is 12.0. The predicted octanol–water partition coefficient (Wildman–Crippen LogP) is 6.77. The highest BCUT2D eigenvalue weighted by atomic mass is 35.5. The summed E-state index contributed by atoms with van der Waals surface area (Å²) in [7, 11) is 0. The normalized spacial score (nSPS) is 19.4. The van der Waals surface area contributed by atoms with Gasteiger partial charge in [0.05, 0.1) is 29.0 Å². The number of carbonyl (C=O) groups is 2. The standard InChI is InChI=1S/C32H43Cl2N7O3S/c1-6-22(7-2)39-11-13-40(14-12-39)25-17-35-23(16-36-25)28-30(31(43)44-8-3)45-32(38-28)41-10-9-21(19(4)18-41)15-24(42)29-27(34)26(33)20(5)37-29/h16-17,19,21-22,37H,6-15,18H2,1-5H3/t19-,21-/m0/s1. The number of H-pyrrole nitrogens is 1. The number of carbonyl (C=O) groups excluding carboxylic acids is 2. The molecule has 1 N–H and O–H groups in total. The Morgan fingerprint density at radius 3 is 2.36 bits per heavy atom. The number of thiazole rings is 1. The van der Waals surface area contributed by atoms with E-state index in [0.717, 1.165) is 43.5 Å². The minimum absolute atomic E-state index is 0.0311. The Morgan fingerprint density at radius 2 is 1.78 bits per heavy atom. The predicted molar refractivity (Wildman–Crippen MR) is 181 cm³/mol. The molecule has 2 saturated heterocycles. The minimum Gasteiger partial charge on any atom is -0.462 e. The molecule has 0 amide bonds. The fourth-order valence-electron chi connectivity index (χ4n) is 6.46. The number of aryl methyl sites for hydroxylation is 1. The van der Waals surface area contributed by atoms with Gasteiger partial charge in [-0.05, 0) is 44.9 Å². The highest BCUT2D eigenvalue weighted by molar-refractivity contribution is 7.17. The summed E-state index contributed by atoms with van der Waals surface area (Å²) in [5.74, 6) is 0.795. The molecule has 0 unspecified atom stereocenters. The van der Waals surface area contributed by atoms with Gasteiger partial charge in [-0.15, -0.1) is 0 Å². The number of hydrogen-bond donors (Lipinski definition) is 1. The van der Waals surface area contributed by atoms with Gasteiger partial charge < -0.3 is 19.5 Å². The number of rotatable bonds is 11. The Bertz CT molecular complexity index is 1480. The van der Waals surface area contributed by atoms with Gasteiger partial charge in [-0.1, -0.05) is 55.3 Å². The van der Waals surface area contributed by atoms with Crippen LogP contribution < -0.4 is 9.80 Å². The maximum absolute atomic E-state index is 13.1. The zero-order chi connectivity index (χ0) is 32.2. The first kappa shape index (κ1) is 33.6. The zero-order valence-corrected chi connectivity index (χ0v) is 29.1. The molecule has 10 nitrogen and oxygen atoms in total. The summed E-state index contributed by atoms with van der Waals surface area (Å²) in [5, 5.41) is 1.43. The number of aromatic amines is 1. The van der Waals surface area contributed by atoms with Gasteiger partial charge in [-0.2, -0.15) is 0 Å². The number of aromatic nitrogens is 4. The maximum Gasteiger partial charge on any atom is 0.350 e. The molecular formula is C32H43Cl2N7O3S. The number of piperidine rings is 1. The Morgan fingerprint density at radius 1 is 1.04 bits per heavy atom. The Balaban J connectivity index is 1.28. The highest BCUT2D eigenvalue weighted by Crippen LogP contribution is 2.38. The second-order valence-corrected chi connectivity index (χ2v) is 13.7. The van der Waals surface area contributed by atoms with Crippen LogP contribution in [0.3, 0.4) is 0 Å². The summed E-state index contributed by atoms with van der Waals surface area (Å²) in [4.78, 5) is 50.9. The van der Waals surface area contributed by atoms with E-state index >= 15 is 0 Å². The number of nitrogens with zero attached hydrogens (tertiary/aromatic N) is 6. The van der Waals surface area contributed by atoms with Crippen molar-refractivity contribution in [1.29, 1.82) is 0 Å². The lowest BCUT2D eigenvalue weighted by Gasteiger charge is -2.39. The lowest BCUT2D eigenvalue weighted by atomic mass is 9.83. The Kier molecular flexibility index (Phi) is 11.1. The van der Waals surface area contributed by atoms with Crippen molar-refractivity contribution in [1.82, 2.24) is 24.8 Å². The van der Waals surface area contributed by atoms with Crippen LogP contribution in [0.1, 0.15) is 79.2 Å². The van der Waals surface area contributed by atoms with E-state index in [0.29, 0.717) is 63.3 Å². The topological polar surface area (TPSA) is 108 Å². The number of hydrogen-bond acceptors (Lipinski definition) is 10. The summed E-state index contributed by atoms with van der Waals surface area (Å²) >= 11 is 13.8. The molecule has 0 radical (unpaired) electrons. The molecule has 2 atom stereocenters. The fraction of sp³-hybridized carbons (Fsp3) is 0.594. The van der Waals surface area contributed by atoms with Crippen LogP contribution in [0.25, 0.3) is 11.4 Å². The van der Waals surface area contributed by atoms with Crippen LogP contribution in [-0.4, -0.2) is 88.5 Å². The van der Waals surface area contributed by atoms with E-state index in [-0.39, 0.29) is 24.2 Å². The molecule has 2 aliphatic heterocycles. The smallest absolute Gasteiger partial charge is 0.350 e.